The van der Waals surface area contributed by atoms with Crippen LogP contribution >= 0.6 is 0 Å². The molecule has 0 spiro atoms. The van der Waals surface area contributed by atoms with Gasteiger partial charge in [0.25, 0.3) is 0 Å². The zero-order valence-corrected chi connectivity index (χ0v) is 17.6. The topological polar surface area (TPSA) is 140 Å². The fraction of sp³-hybridized carbons (Fsp3) is 0.474. The van der Waals surface area contributed by atoms with E-state index in [-0.39, 0.29) is 17.4 Å². The van der Waals surface area contributed by atoms with Crippen molar-refractivity contribution in [2.45, 2.75) is 0 Å². The Morgan fingerprint density at radius 2 is 1.66 bits per heavy atom. The Morgan fingerprint density at radius 3 is 2.19 bits per heavy atom. The van der Waals surface area contributed by atoms with E-state index in [1.165, 1.54) is 25.5 Å². The third kappa shape index (κ3) is 5.18. The monoisotopic (exact) mass is 444 g/mol. The Bertz CT molecular complexity index is 940. The molecule has 1 aromatic carbocycles. The number of aromatic nitrogens is 3. The van der Waals surface area contributed by atoms with Crippen LogP contribution in [-0.2, 0) is 9.47 Å². The number of methoxy groups -OCH3 is 1. The van der Waals surface area contributed by atoms with Crippen LogP contribution in [0, 0.1) is 10.1 Å². The first-order chi connectivity index (χ1) is 15.6. The van der Waals surface area contributed by atoms with E-state index < -0.39 is 4.92 Å². The molecule has 2 aliphatic heterocycles. The number of nitrogens with zero attached hydrogens (tertiary/aromatic N) is 7. The van der Waals surface area contributed by atoms with Crippen molar-refractivity contribution >= 4 is 29.7 Å². The molecule has 2 aromatic rings. The Kier molecular flexibility index (Phi) is 6.87. The van der Waals surface area contributed by atoms with Crippen LogP contribution in [0.25, 0.3) is 0 Å². The maximum absolute atomic E-state index is 11.2. The van der Waals surface area contributed by atoms with E-state index in [0.717, 1.165) is 0 Å². The van der Waals surface area contributed by atoms with E-state index in [1.807, 2.05) is 9.80 Å². The van der Waals surface area contributed by atoms with Gasteiger partial charge < -0.3 is 24.0 Å². The molecule has 0 amide bonds. The highest BCUT2D eigenvalue weighted by molar-refractivity contribution is 5.82. The number of hydrogen-bond acceptors (Lipinski definition) is 12. The van der Waals surface area contributed by atoms with Crippen molar-refractivity contribution in [3.8, 4) is 5.75 Å². The second kappa shape index (κ2) is 10.2. The van der Waals surface area contributed by atoms with Gasteiger partial charge in [-0.05, 0) is 12.1 Å². The molecule has 32 heavy (non-hydrogen) atoms. The lowest BCUT2D eigenvalue weighted by Gasteiger charge is -2.30. The van der Waals surface area contributed by atoms with Crippen molar-refractivity contribution in [1.29, 1.82) is 0 Å². The van der Waals surface area contributed by atoms with E-state index >= 15 is 0 Å². The molecule has 13 nitrogen and oxygen atoms in total. The SMILES string of the molecule is COc1ccc(/C=N\Nc2nc(N3CCOCC3)nc(N3CCOCC3)n2)cc1[N+](=O)[O-]. The largest absolute Gasteiger partial charge is 0.490 e. The molecule has 1 aromatic heterocycles. The highest BCUT2D eigenvalue weighted by Crippen LogP contribution is 2.27. The second-order valence-electron chi connectivity index (χ2n) is 7.02. The maximum atomic E-state index is 11.2. The minimum Gasteiger partial charge on any atom is -0.490 e. The molecule has 1 N–H and O–H groups in total. The molecule has 0 radical (unpaired) electrons. The van der Waals surface area contributed by atoms with Crippen LogP contribution in [0.4, 0.5) is 23.5 Å². The van der Waals surface area contributed by atoms with Gasteiger partial charge in [0, 0.05) is 37.8 Å². The highest BCUT2D eigenvalue weighted by atomic mass is 16.6. The van der Waals surface area contributed by atoms with Crippen molar-refractivity contribution < 1.29 is 19.1 Å². The van der Waals surface area contributed by atoms with Crippen molar-refractivity contribution in [3.05, 3.63) is 33.9 Å². The van der Waals surface area contributed by atoms with E-state index in [2.05, 4.69) is 25.5 Å². The summed E-state index contributed by atoms with van der Waals surface area (Å²) in [5.41, 5.74) is 3.21. The lowest BCUT2D eigenvalue weighted by atomic mass is 10.2. The molecule has 2 saturated heterocycles. The van der Waals surface area contributed by atoms with Gasteiger partial charge in [-0.25, -0.2) is 5.43 Å². The number of rotatable bonds is 7. The van der Waals surface area contributed by atoms with Gasteiger partial charge in [0.1, 0.15) is 0 Å². The predicted octanol–water partition coefficient (Wildman–Crippen LogP) is 0.908. The maximum Gasteiger partial charge on any atom is 0.311 e. The van der Waals surface area contributed by atoms with Gasteiger partial charge in [-0.15, -0.1) is 0 Å². The average Bonchev–Trinajstić information content (AvgIpc) is 2.85. The van der Waals surface area contributed by atoms with E-state index in [0.29, 0.717) is 70.1 Å². The minimum atomic E-state index is -0.501. The zero-order chi connectivity index (χ0) is 22.3. The summed E-state index contributed by atoms with van der Waals surface area (Å²) in [6, 6.07) is 4.58. The van der Waals surface area contributed by atoms with Gasteiger partial charge in [-0.3, -0.25) is 10.1 Å². The van der Waals surface area contributed by atoms with Crippen LogP contribution in [0.15, 0.2) is 23.3 Å². The number of nitro groups is 1. The van der Waals surface area contributed by atoms with Crippen LogP contribution in [0.1, 0.15) is 5.56 Å². The quantitative estimate of drug-likeness (QED) is 0.370. The second-order valence-corrected chi connectivity index (χ2v) is 7.02. The normalized spacial score (nSPS) is 16.9. The summed E-state index contributed by atoms with van der Waals surface area (Å²) < 4.78 is 15.9. The molecule has 0 atom stereocenters. The van der Waals surface area contributed by atoms with Gasteiger partial charge in [-0.1, -0.05) is 0 Å². The van der Waals surface area contributed by atoms with E-state index in [4.69, 9.17) is 14.2 Å². The zero-order valence-electron chi connectivity index (χ0n) is 17.6. The molecule has 170 valence electrons. The average molecular weight is 444 g/mol. The summed E-state index contributed by atoms with van der Waals surface area (Å²) in [4.78, 5) is 28.4. The van der Waals surface area contributed by atoms with Crippen LogP contribution in [0.3, 0.4) is 0 Å². The third-order valence-electron chi connectivity index (χ3n) is 4.98. The first-order valence-electron chi connectivity index (χ1n) is 10.2. The van der Waals surface area contributed by atoms with E-state index in [9.17, 15) is 10.1 Å². The van der Waals surface area contributed by atoms with Crippen LogP contribution in [-0.4, -0.2) is 85.8 Å². The van der Waals surface area contributed by atoms with Crippen LogP contribution in [0.2, 0.25) is 0 Å². The van der Waals surface area contributed by atoms with Gasteiger partial charge in [0.15, 0.2) is 5.75 Å². The van der Waals surface area contributed by atoms with Crippen molar-refractivity contribution in [1.82, 2.24) is 15.0 Å². The first kappa shape index (κ1) is 21.6. The lowest BCUT2D eigenvalue weighted by Crippen LogP contribution is -2.40. The summed E-state index contributed by atoms with van der Waals surface area (Å²) in [7, 11) is 1.39. The predicted molar refractivity (Wildman–Crippen MR) is 117 cm³/mol. The first-order valence-corrected chi connectivity index (χ1v) is 10.2. The Balaban J connectivity index is 1.55. The summed E-state index contributed by atoms with van der Waals surface area (Å²) in [5.74, 6) is 1.55. The molecular weight excluding hydrogens is 420 g/mol. The fourth-order valence-corrected chi connectivity index (χ4v) is 3.31. The number of nitrogens with one attached hydrogen (secondary N) is 1. The van der Waals surface area contributed by atoms with Gasteiger partial charge in [-0.2, -0.15) is 20.1 Å². The van der Waals surface area contributed by atoms with Crippen molar-refractivity contribution in [2.24, 2.45) is 5.10 Å². The summed E-state index contributed by atoms with van der Waals surface area (Å²) in [5, 5.41) is 15.4. The third-order valence-corrected chi connectivity index (χ3v) is 4.98. The van der Waals surface area contributed by atoms with Crippen molar-refractivity contribution in [3.63, 3.8) is 0 Å². The molecular formula is C19H24N8O5. The number of benzene rings is 1. The Morgan fingerprint density at radius 1 is 1.06 bits per heavy atom. The number of hydrogen-bond donors (Lipinski definition) is 1. The molecule has 0 aliphatic carbocycles. The molecule has 0 unspecified atom stereocenters. The Labute approximate surface area is 184 Å². The molecule has 3 heterocycles. The standard InChI is InChI=1S/C19H24N8O5/c1-30-16-3-2-14(12-15(16)27(28)29)13-20-24-17-21-18(25-4-8-31-9-5-25)23-19(22-17)26-6-10-32-11-7-26/h2-3,12-13H,4-11H2,1H3,(H,21,22,23,24)/b20-13-. The summed E-state index contributed by atoms with van der Waals surface area (Å²) in [6.45, 7) is 5.17. The summed E-state index contributed by atoms with van der Waals surface area (Å²) >= 11 is 0. The molecule has 13 heteroatoms. The number of morpholine rings is 2. The lowest BCUT2D eigenvalue weighted by molar-refractivity contribution is -0.385. The van der Waals surface area contributed by atoms with Gasteiger partial charge >= 0.3 is 5.69 Å². The molecule has 0 saturated carbocycles. The number of anilines is 3. The van der Waals surface area contributed by atoms with E-state index in [1.54, 1.807) is 6.07 Å². The Hall–Kier alpha value is -3.58. The smallest absolute Gasteiger partial charge is 0.311 e. The fourth-order valence-electron chi connectivity index (χ4n) is 3.31. The van der Waals surface area contributed by atoms with Crippen LogP contribution in [0.5, 0.6) is 5.75 Å². The molecule has 4 rings (SSSR count). The van der Waals surface area contributed by atoms with Gasteiger partial charge in [0.2, 0.25) is 17.8 Å². The van der Waals surface area contributed by atoms with Crippen LogP contribution < -0.4 is 20.0 Å². The van der Waals surface area contributed by atoms with Gasteiger partial charge in [0.05, 0.1) is 44.7 Å². The minimum absolute atomic E-state index is 0.138. The molecule has 0 bridgehead atoms. The molecule has 2 aliphatic rings. The molecule has 2 fully saturated rings. The number of hydrazone groups is 1. The van der Waals surface area contributed by atoms with Crippen molar-refractivity contribution in [2.75, 3.05) is 74.9 Å². The highest BCUT2D eigenvalue weighted by Gasteiger charge is 2.20. The number of nitro benzene ring substituents is 1. The number of ether oxygens (including phenoxy) is 3. The summed E-state index contributed by atoms with van der Waals surface area (Å²) in [6.07, 6.45) is 1.46.